The average Bonchev–Trinajstić information content (AvgIpc) is 3.20. The fourth-order valence-electron chi connectivity index (χ4n) is 4.60. The minimum atomic E-state index is -0.159. The molecule has 1 saturated heterocycles. The van der Waals surface area contributed by atoms with Crippen molar-refractivity contribution in [1.82, 2.24) is 20.4 Å². The molecule has 1 aromatic carbocycles. The minimum absolute atomic E-state index is 0.0529. The number of amides is 2. The van der Waals surface area contributed by atoms with Crippen LogP contribution in [0.4, 0.5) is 0 Å². The Morgan fingerprint density at radius 1 is 1.11 bits per heavy atom. The number of piperidine rings is 1. The van der Waals surface area contributed by atoms with Crippen LogP contribution in [0.25, 0.3) is 0 Å². The summed E-state index contributed by atoms with van der Waals surface area (Å²) in [7, 11) is 0. The molecule has 0 bridgehead atoms. The smallest absolute Gasteiger partial charge is 0.259 e. The number of nitrogens with zero attached hydrogens (tertiary/aromatic N) is 3. The molecule has 2 aromatic heterocycles. The Morgan fingerprint density at radius 2 is 1.86 bits per heavy atom. The molecule has 3 heterocycles. The molecule has 35 heavy (non-hydrogen) atoms. The zero-order chi connectivity index (χ0) is 24.9. The van der Waals surface area contributed by atoms with E-state index in [-0.39, 0.29) is 17.7 Å². The van der Waals surface area contributed by atoms with Gasteiger partial charge in [0.15, 0.2) is 0 Å². The molecule has 0 radical (unpaired) electrons. The van der Waals surface area contributed by atoms with Gasteiger partial charge in [0.1, 0.15) is 17.1 Å². The number of rotatable bonds is 7. The van der Waals surface area contributed by atoms with Crippen molar-refractivity contribution in [2.24, 2.45) is 0 Å². The fraction of sp³-hybridized carbons (Fsp3) is 0.407. The molecule has 4 rings (SSSR count). The van der Waals surface area contributed by atoms with E-state index >= 15 is 0 Å². The van der Waals surface area contributed by atoms with Gasteiger partial charge in [-0.1, -0.05) is 23.4 Å². The van der Waals surface area contributed by atoms with Crippen molar-refractivity contribution in [3.05, 3.63) is 75.9 Å². The van der Waals surface area contributed by atoms with Crippen LogP contribution in [0.3, 0.4) is 0 Å². The highest BCUT2D eigenvalue weighted by atomic mass is 16.5. The van der Waals surface area contributed by atoms with Gasteiger partial charge in [0.2, 0.25) is 0 Å². The third-order valence-corrected chi connectivity index (χ3v) is 6.44. The number of ether oxygens (including phenoxy) is 1. The van der Waals surface area contributed by atoms with Crippen LogP contribution in [0.2, 0.25) is 0 Å². The van der Waals surface area contributed by atoms with Crippen molar-refractivity contribution in [3.63, 3.8) is 0 Å². The lowest BCUT2D eigenvalue weighted by molar-refractivity contribution is 0.0708. The molecule has 184 valence electrons. The lowest BCUT2D eigenvalue weighted by atomic mass is 9.89. The summed E-state index contributed by atoms with van der Waals surface area (Å²) in [6, 6.07) is 11.4. The van der Waals surface area contributed by atoms with Gasteiger partial charge in [0.05, 0.1) is 23.6 Å². The van der Waals surface area contributed by atoms with Crippen LogP contribution in [0.15, 0.2) is 40.9 Å². The summed E-state index contributed by atoms with van der Waals surface area (Å²) in [5.41, 5.74) is 4.33. The number of carbonyl (C=O) groups excluding carboxylic acids is 2. The van der Waals surface area contributed by atoms with Gasteiger partial charge in [-0.15, -0.1) is 0 Å². The molecule has 0 aliphatic carbocycles. The maximum absolute atomic E-state index is 13.2. The second-order valence-corrected chi connectivity index (χ2v) is 8.87. The highest BCUT2D eigenvalue weighted by Gasteiger charge is 2.30. The van der Waals surface area contributed by atoms with Crippen molar-refractivity contribution in [3.8, 4) is 5.75 Å². The summed E-state index contributed by atoms with van der Waals surface area (Å²) < 4.78 is 10.8. The van der Waals surface area contributed by atoms with Crippen molar-refractivity contribution in [1.29, 1.82) is 0 Å². The largest absolute Gasteiger partial charge is 0.494 e. The Hall–Kier alpha value is -3.68. The minimum Gasteiger partial charge on any atom is -0.494 e. The van der Waals surface area contributed by atoms with Gasteiger partial charge in [-0.3, -0.25) is 14.6 Å². The number of aryl methyl sites for hydroxylation is 3. The number of nitrogens with one attached hydrogen (secondary N) is 1. The van der Waals surface area contributed by atoms with Crippen LogP contribution >= 0.6 is 0 Å². The highest BCUT2D eigenvalue weighted by Crippen LogP contribution is 2.31. The third-order valence-electron chi connectivity index (χ3n) is 6.44. The van der Waals surface area contributed by atoms with Crippen LogP contribution in [-0.2, 0) is 6.54 Å². The third kappa shape index (κ3) is 5.37. The van der Waals surface area contributed by atoms with E-state index in [9.17, 15) is 9.59 Å². The first-order chi connectivity index (χ1) is 16.9. The van der Waals surface area contributed by atoms with Gasteiger partial charge in [-0.05, 0) is 58.7 Å². The Bertz CT molecular complexity index is 1190. The maximum atomic E-state index is 13.2. The molecule has 0 spiro atoms. The van der Waals surface area contributed by atoms with Crippen molar-refractivity contribution >= 4 is 11.8 Å². The lowest BCUT2D eigenvalue weighted by Crippen LogP contribution is -2.39. The number of pyridine rings is 1. The lowest BCUT2D eigenvalue weighted by Gasteiger charge is -2.32. The molecule has 1 aliphatic rings. The van der Waals surface area contributed by atoms with Gasteiger partial charge in [-0.2, -0.15) is 0 Å². The molecular weight excluding hydrogens is 444 g/mol. The van der Waals surface area contributed by atoms with Crippen LogP contribution in [0.1, 0.15) is 74.8 Å². The van der Waals surface area contributed by atoms with E-state index in [1.165, 1.54) is 0 Å². The van der Waals surface area contributed by atoms with Crippen molar-refractivity contribution < 1.29 is 18.8 Å². The van der Waals surface area contributed by atoms with Crippen LogP contribution < -0.4 is 10.1 Å². The van der Waals surface area contributed by atoms with Crippen molar-refractivity contribution in [2.45, 2.75) is 53.0 Å². The molecule has 0 unspecified atom stereocenters. The summed E-state index contributed by atoms with van der Waals surface area (Å²) in [6.07, 6.45) is 1.47. The van der Waals surface area contributed by atoms with Gasteiger partial charge < -0.3 is 19.5 Å². The van der Waals surface area contributed by atoms with Gasteiger partial charge in [-0.25, -0.2) is 0 Å². The predicted octanol–water partition coefficient (Wildman–Crippen LogP) is 4.34. The molecule has 3 aromatic rings. The number of para-hydroxylation sites is 1. The second-order valence-electron chi connectivity index (χ2n) is 8.87. The van der Waals surface area contributed by atoms with Gasteiger partial charge in [0.25, 0.3) is 11.8 Å². The molecule has 0 saturated carbocycles. The van der Waals surface area contributed by atoms with Gasteiger partial charge >= 0.3 is 0 Å². The number of hydrogen-bond donors (Lipinski definition) is 1. The summed E-state index contributed by atoms with van der Waals surface area (Å²) in [4.78, 5) is 32.8. The standard InChI is InChI=1S/C27H32N4O4/c1-5-34-23-9-7-6-8-21(23)16-28-26(32)22-11-10-17(2)29-25(22)20-12-14-31(15-13-20)27(33)24-18(3)30-35-19(24)4/h6-11,20H,5,12-16H2,1-4H3,(H,28,32). The van der Waals surface area contributed by atoms with E-state index < -0.39 is 0 Å². The van der Waals surface area contributed by atoms with E-state index in [1.807, 2.05) is 55.1 Å². The average molecular weight is 477 g/mol. The van der Waals surface area contributed by atoms with Crippen molar-refractivity contribution in [2.75, 3.05) is 19.7 Å². The van der Waals surface area contributed by atoms with Crippen LogP contribution in [0.5, 0.6) is 5.75 Å². The number of carbonyl (C=O) groups is 2. The molecule has 8 nitrogen and oxygen atoms in total. The molecular formula is C27H32N4O4. The molecule has 1 aliphatic heterocycles. The van der Waals surface area contributed by atoms with E-state index in [2.05, 4.69) is 10.5 Å². The topological polar surface area (TPSA) is 97.6 Å². The molecule has 1 N–H and O–H groups in total. The number of benzene rings is 1. The first-order valence-corrected chi connectivity index (χ1v) is 12.1. The molecule has 0 atom stereocenters. The van der Waals surface area contributed by atoms with E-state index in [1.54, 1.807) is 13.8 Å². The summed E-state index contributed by atoms with van der Waals surface area (Å²) in [5, 5.41) is 6.94. The Labute approximate surface area is 205 Å². The van der Waals surface area contributed by atoms with E-state index in [0.29, 0.717) is 48.8 Å². The Kier molecular flexibility index (Phi) is 7.48. The first-order valence-electron chi connectivity index (χ1n) is 12.1. The maximum Gasteiger partial charge on any atom is 0.259 e. The summed E-state index contributed by atoms with van der Waals surface area (Å²) in [6.45, 7) is 9.52. The van der Waals surface area contributed by atoms with Crippen LogP contribution in [-0.4, -0.2) is 46.6 Å². The monoisotopic (exact) mass is 476 g/mol. The highest BCUT2D eigenvalue weighted by molar-refractivity contribution is 5.96. The molecule has 8 heteroatoms. The fourth-order valence-corrected chi connectivity index (χ4v) is 4.60. The first kappa shape index (κ1) is 24.4. The molecule has 1 fully saturated rings. The SMILES string of the molecule is CCOc1ccccc1CNC(=O)c1ccc(C)nc1C1CCN(C(=O)c2c(C)noc2C)CC1. The number of aromatic nitrogens is 2. The Morgan fingerprint density at radius 3 is 2.54 bits per heavy atom. The number of likely N-dealkylation sites (tertiary alicyclic amines) is 1. The summed E-state index contributed by atoms with van der Waals surface area (Å²) in [5.74, 6) is 1.20. The normalized spacial score (nSPS) is 14.1. The summed E-state index contributed by atoms with van der Waals surface area (Å²) >= 11 is 0. The van der Waals surface area contributed by atoms with Crippen LogP contribution in [0, 0.1) is 20.8 Å². The number of hydrogen-bond acceptors (Lipinski definition) is 6. The zero-order valence-corrected chi connectivity index (χ0v) is 20.8. The van der Waals surface area contributed by atoms with Gasteiger partial charge in [0, 0.05) is 36.8 Å². The van der Waals surface area contributed by atoms with E-state index in [4.69, 9.17) is 14.2 Å². The quantitative estimate of drug-likeness (QED) is 0.545. The zero-order valence-electron chi connectivity index (χ0n) is 20.8. The predicted molar refractivity (Wildman–Crippen MR) is 132 cm³/mol. The van der Waals surface area contributed by atoms with E-state index in [0.717, 1.165) is 35.5 Å². The molecule has 2 amide bonds. The Balaban J connectivity index is 1.45. The second kappa shape index (κ2) is 10.7.